The highest BCUT2D eigenvalue weighted by atomic mass is 35.5. The zero-order chi connectivity index (χ0) is 21.8. The van der Waals surface area contributed by atoms with Gasteiger partial charge in [0, 0.05) is 50.9 Å². The summed E-state index contributed by atoms with van der Waals surface area (Å²) in [7, 11) is 3.50. The summed E-state index contributed by atoms with van der Waals surface area (Å²) in [5.41, 5.74) is 1.71. The smallest absolute Gasteiger partial charge is 0.254 e. The molecule has 4 rings (SSSR count). The van der Waals surface area contributed by atoms with Crippen molar-refractivity contribution in [3.8, 4) is 0 Å². The maximum Gasteiger partial charge on any atom is 0.254 e. The number of anilines is 1. The first-order valence-corrected chi connectivity index (χ1v) is 12.4. The third-order valence-corrected chi connectivity index (χ3v) is 8.06. The number of rotatable bonds is 5. The Morgan fingerprint density at radius 1 is 0.935 bits per heavy atom. The van der Waals surface area contributed by atoms with E-state index in [1.165, 1.54) is 43.7 Å². The van der Waals surface area contributed by atoms with E-state index in [2.05, 4.69) is 39.5 Å². The minimum Gasteiger partial charge on any atom is -0.371 e. The van der Waals surface area contributed by atoms with Crippen molar-refractivity contribution in [3.05, 3.63) is 59.1 Å². The van der Waals surface area contributed by atoms with E-state index in [0.717, 1.165) is 30.6 Å². The lowest BCUT2D eigenvalue weighted by molar-refractivity contribution is 0.0828. The Morgan fingerprint density at radius 2 is 1.55 bits per heavy atom. The van der Waals surface area contributed by atoms with Gasteiger partial charge in [0.2, 0.25) is 0 Å². The molecule has 0 N–H and O–H groups in total. The van der Waals surface area contributed by atoms with Gasteiger partial charge in [0.05, 0.1) is 10.6 Å². The van der Waals surface area contributed by atoms with Gasteiger partial charge in [0.1, 0.15) is 0 Å². The predicted molar refractivity (Wildman–Crippen MR) is 131 cm³/mol. The molecule has 0 saturated carbocycles. The highest BCUT2D eigenvalue weighted by Crippen LogP contribution is 2.37. The number of carbonyl (C=O) groups is 1. The van der Waals surface area contributed by atoms with E-state index in [1.807, 2.05) is 30.1 Å². The number of hydrogen-bond donors (Lipinski definition) is 0. The van der Waals surface area contributed by atoms with Crippen molar-refractivity contribution >= 4 is 35.1 Å². The maximum absolute atomic E-state index is 12.2. The summed E-state index contributed by atoms with van der Waals surface area (Å²) in [5, 5.41) is 0.543. The zero-order valence-corrected chi connectivity index (χ0v) is 20.0. The Bertz CT molecular complexity index is 876. The van der Waals surface area contributed by atoms with Gasteiger partial charge in [-0.15, -0.1) is 0 Å². The van der Waals surface area contributed by atoms with Crippen LogP contribution < -0.4 is 4.90 Å². The number of carbonyl (C=O) groups excluding carboxylic acids is 1. The van der Waals surface area contributed by atoms with Crippen LogP contribution in [0.15, 0.2) is 53.4 Å². The topological polar surface area (TPSA) is 26.8 Å². The summed E-state index contributed by atoms with van der Waals surface area (Å²) < 4.78 is 2.53. The van der Waals surface area contributed by atoms with E-state index < -0.39 is 0 Å². The van der Waals surface area contributed by atoms with Crippen LogP contribution in [0, 0.1) is 11.8 Å². The molecule has 0 spiro atoms. The average molecular weight is 458 g/mol. The van der Waals surface area contributed by atoms with E-state index in [-0.39, 0.29) is 5.91 Å². The number of nitrogens with zero attached hydrogens (tertiary/aromatic N) is 3. The second kappa shape index (κ2) is 10.3. The standard InChI is InChI=1S/C25H32ClN3OS/c1-27(2)25(30)23-9-8-21(18-24(23)26)28-14-10-19(11-15-28)20-12-16-29(17-13-20)31-22-6-4-3-5-7-22/h3-9,18-20H,10-17H2,1-2H3. The highest BCUT2D eigenvalue weighted by molar-refractivity contribution is 7.97. The van der Waals surface area contributed by atoms with E-state index in [0.29, 0.717) is 10.6 Å². The van der Waals surface area contributed by atoms with Gasteiger partial charge in [-0.1, -0.05) is 29.8 Å². The first-order chi connectivity index (χ1) is 15.0. The SMILES string of the molecule is CN(C)C(=O)c1ccc(N2CCC(C3CCN(Sc4ccccc4)CC3)CC2)cc1Cl. The number of hydrogen-bond acceptors (Lipinski definition) is 4. The van der Waals surface area contributed by atoms with Crippen LogP contribution in [-0.2, 0) is 0 Å². The summed E-state index contributed by atoms with van der Waals surface area (Å²) >= 11 is 8.33. The summed E-state index contributed by atoms with van der Waals surface area (Å²) in [4.78, 5) is 17.5. The Hall–Kier alpha value is -1.69. The molecule has 2 aromatic rings. The van der Waals surface area contributed by atoms with Crippen molar-refractivity contribution < 1.29 is 4.79 Å². The Kier molecular flexibility index (Phi) is 7.47. The number of benzene rings is 2. The van der Waals surface area contributed by atoms with Crippen molar-refractivity contribution in [1.29, 1.82) is 0 Å². The third kappa shape index (κ3) is 5.57. The van der Waals surface area contributed by atoms with Crippen LogP contribution in [0.1, 0.15) is 36.0 Å². The fraction of sp³-hybridized carbons (Fsp3) is 0.480. The molecule has 0 aromatic heterocycles. The molecule has 2 saturated heterocycles. The lowest BCUT2D eigenvalue weighted by Gasteiger charge is -2.40. The van der Waals surface area contributed by atoms with Crippen LogP contribution >= 0.6 is 23.5 Å². The van der Waals surface area contributed by atoms with Gasteiger partial charge in [0.15, 0.2) is 0 Å². The van der Waals surface area contributed by atoms with Gasteiger partial charge in [0.25, 0.3) is 5.91 Å². The minimum atomic E-state index is -0.0490. The fourth-order valence-electron chi connectivity index (χ4n) is 4.81. The van der Waals surface area contributed by atoms with E-state index in [1.54, 1.807) is 19.0 Å². The number of amides is 1. The van der Waals surface area contributed by atoms with Crippen molar-refractivity contribution in [1.82, 2.24) is 9.21 Å². The molecule has 0 atom stereocenters. The van der Waals surface area contributed by atoms with Gasteiger partial charge in [-0.3, -0.25) is 4.79 Å². The molecule has 0 bridgehead atoms. The van der Waals surface area contributed by atoms with Crippen LogP contribution in [0.3, 0.4) is 0 Å². The molecule has 0 radical (unpaired) electrons. The lowest BCUT2D eigenvalue weighted by Crippen LogP contribution is -2.39. The van der Waals surface area contributed by atoms with E-state index >= 15 is 0 Å². The molecule has 2 aromatic carbocycles. The van der Waals surface area contributed by atoms with Crippen LogP contribution in [-0.4, -0.2) is 55.4 Å². The van der Waals surface area contributed by atoms with Crippen molar-refractivity contribution in [3.63, 3.8) is 0 Å². The molecule has 4 nitrogen and oxygen atoms in total. The lowest BCUT2D eigenvalue weighted by atomic mass is 9.79. The molecular weight excluding hydrogens is 426 g/mol. The molecule has 1 amide bonds. The molecule has 2 heterocycles. The third-order valence-electron chi connectivity index (χ3n) is 6.64. The molecule has 2 aliphatic rings. The Morgan fingerprint density at radius 3 is 2.13 bits per heavy atom. The first-order valence-electron chi connectivity index (χ1n) is 11.3. The average Bonchev–Trinajstić information content (AvgIpc) is 2.80. The summed E-state index contributed by atoms with van der Waals surface area (Å²) in [5.74, 6) is 1.62. The van der Waals surface area contributed by atoms with Gasteiger partial charge in [-0.25, -0.2) is 4.31 Å². The van der Waals surface area contributed by atoms with Crippen LogP contribution in [0.5, 0.6) is 0 Å². The fourth-order valence-corrected chi connectivity index (χ4v) is 6.04. The van der Waals surface area contributed by atoms with E-state index in [9.17, 15) is 4.79 Å². The van der Waals surface area contributed by atoms with Gasteiger partial charge in [-0.2, -0.15) is 0 Å². The molecule has 0 unspecified atom stereocenters. The van der Waals surface area contributed by atoms with Crippen molar-refractivity contribution in [2.24, 2.45) is 11.8 Å². The molecule has 31 heavy (non-hydrogen) atoms. The summed E-state index contributed by atoms with van der Waals surface area (Å²) in [6, 6.07) is 16.6. The van der Waals surface area contributed by atoms with Crippen molar-refractivity contribution in [2.75, 3.05) is 45.2 Å². The maximum atomic E-state index is 12.2. The zero-order valence-electron chi connectivity index (χ0n) is 18.5. The van der Waals surface area contributed by atoms with Crippen LogP contribution in [0.4, 0.5) is 5.69 Å². The summed E-state index contributed by atoms with van der Waals surface area (Å²) in [6.45, 7) is 4.50. The molecular formula is C25H32ClN3OS. The molecule has 6 heteroatoms. The monoisotopic (exact) mass is 457 g/mol. The van der Waals surface area contributed by atoms with Crippen LogP contribution in [0.25, 0.3) is 0 Å². The predicted octanol–water partition coefficient (Wildman–Crippen LogP) is 5.68. The first kappa shape index (κ1) is 22.5. The summed E-state index contributed by atoms with van der Waals surface area (Å²) in [6.07, 6.45) is 5.09. The van der Waals surface area contributed by atoms with Gasteiger partial charge >= 0.3 is 0 Å². The number of piperidine rings is 2. The van der Waals surface area contributed by atoms with Crippen LogP contribution in [0.2, 0.25) is 5.02 Å². The Labute approximate surface area is 195 Å². The van der Waals surface area contributed by atoms with Crippen molar-refractivity contribution in [2.45, 2.75) is 30.6 Å². The second-order valence-corrected chi connectivity index (χ2v) is 10.4. The quantitative estimate of drug-likeness (QED) is 0.540. The van der Waals surface area contributed by atoms with Gasteiger partial charge < -0.3 is 9.80 Å². The highest BCUT2D eigenvalue weighted by Gasteiger charge is 2.30. The second-order valence-electron chi connectivity index (χ2n) is 8.86. The molecule has 166 valence electrons. The molecule has 0 aliphatic carbocycles. The Balaban J connectivity index is 1.26. The molecule has 2 aliphatic heterocycles. The number of halogens is 1. The van der Waals surface area contributed by atoms with E-state index in [4.69, 9.17) is 11.6 Å². The minimum absolute atomic E-state index is 0.0490. The van der Waals surface area contributed by atoms with Gasteiger partial charge in [-0.05, 0) is 79.8 Å². The largest absolute Gasteiger partial charge is 0.371 e. The normalized spacial score (nSPS) is 18.9. The molecule has 2 fully saturated rings.